The maximum Gasteiger partial charge on any atom is 0.280 e. The summed E-state index contributed by atoms with van der Waals surface area (Å²) < 4.78 is 2.02. The molecule has 4 aromatic rings. The van der Waals surface area contributed by atoms with Crippen molar-refractivity contribution in [3.05, 3.63) is 71.0 Å². The van der Waals surface area contributed by atoms with Crippen molar-refractivity contribution in [3.63, 3.8) is 0 Å². The SMILES string of the molecule is CCCCCc1nc(=O)c2ccccc2n1-c1ncnc2ccccc12. The molecule has 0 atom stereocenters. The molecule has 2 aromatic carbocycles. The Balaban J connectivity index is 2.04. The van der Waals surface area contributed by atoms with Crippen LogP contribution in [0.3, 0.4) is 0 Å². The van der Waals surface area contributed by atoms with E-state index in [1.165, 1.54) is 0 Å². The number of hydrogen-bond donors (Lipinski definition) is 0. The Morgan fingerprint density at radius 1 is 0.923 bits per heavy atom. The molecular formula is C21H20N4O. The third-order valence-corrected chi connectivity index (χ3v) is 4.60. The molecule has 0 radical (unpaired) electrons. The average Bonchev–Trinajstić information content (AvgIpc) is 2.68. The van der Waals surface area contributed by atoms with Crippen molar-refractivity contribution in [3.8, 4) is 5.82 Å². The summed E-state index contributed by atoms with van der Waals surface area (Å²) in [4.78, 5) is 25.8. The molecule has 0 amide bonds. The largest absolute Gasteiger partial charge is 0.281 e. The number of para-hydroxylation sites is 2. The molecule has 0 aliphatic carbocycles. The zero-order chi connectivity index (χ0) is 17.9. The molecule has 130 valence electrons. The van der Waals surface area contributed by atoms with Crippen molar-refractivity contribution in [2.75, 3.05) is 0 Å². The van der Waals surface area contributed by atoms with Crippen molar-refractivity contribution < 1.29 is 0 Å². The number of rotatable bonds is 5. The fourth-order valence-corrected chi connectivity index (χ4v) is 3.32. The Bertz CT molecular complexity index is 1130. The van der Waals surface area contributed by atoms with Crippen LogP contribution in [0.1, 0.15) is 32.0 Å². The Kier molecular flexibility index (Phi) is 4.44. The second kappa shape index (κ2) is 7.04. The van der Waals surface area contributed by atoms with Gasteiger partial charge in [-0.2, -0.15) is 4.98 Å². The molecule has 0 unspecified atom stereocenters. The number of aromatic nitrogens is 4. The van der Waals surface area contributed by atoms with Gasteiger partial charge < -0.3 is 0 Å². The van der Waals surface area contributed by atoms with E-state index in [1.54, 1.807) is 6.33 Å². The molecule has 0 aliphatic rings. The van der Waals surface area contributed by atoms with Crippen molar-refractivity contribution in [2.24, 2.45) is 0 Å². The average molecular weight is 344 g/mol. The first-order valence-electron chi connectivity index (χ1n) is 9.00. The molecule has 0 saturated heterocycles. The summed E-state index contributed by atoms with van der Waals surface area (Å²) in [6, 6.07) is 15.5. The summed E-state index contributed by atoms with van der Waals surface area (Å²) in [5, 5.41) is 1.55. The molecule has 0 aliphatic heterocycles. The highest BCUT2D eigenvalue weighted by molar-refractivity contribution is 5.88. The highest BCUT2D eigenvalue weighted by atomic mass is 16.1. The van der Waals surface area contributed by atoms with Crippen molar-refractivity contribution in [1.29, 1.82) is 0 Å². The molecule has 0 N–H and O–H groups in total. The van der Waals surface area contributed by atoms with Gasteiger partial charge in [0.2, 0.25) is 0 Å². The number of hydrogen-bond acceptors (Lipinski definition) is 4. The van der Waals surface area contributed by atoms with Crippen LogP contribution in [0.2, 0.25) is 0 Å². The highest BCUT2D eigenvalue weighted by Gasteiger charge is 2.15. The van der Waals surface area contributed by atoms with Gasteiger partial charge in [0.15, 0.2) is 0 Å². The second-order valence-corrected chi connectivity index (χ2v) is 6.36. The minimum absolute atomic E-state index is 0.179. The van der Waals surface area contributed by atoms with Crippen LogP contribution >= 0.6 is 0 Å². The van der Waals surface area contributed by atoms with Crippen molar-refractivity contribution in [1.82, 2.24) is 19.5 Å². The van der Waals surface area contributed by atoms with E-state index >= 15 is 0 Å². The van der Waals surface area contributed by atoms with Gasteiger partial charge in [-0.05, 0) is 30.7 Å². The Labute approximate surface area is 151 Å². The summed E-state index contributed by atoms with van der Waals surface area (Å²) in [5.41, 5.74) is 1.53. The monoisotopic (exact) mass is 344 g/mol. The predicted molar refractivity (Wildman–Crippen MR) is 104 cm³/mol. The number of nitrogens with zero attached hydrogens (tertiary/aromatic N) is 4. The number of unbranched alkanes of at least 4 members (excludes halogenated alkanes) is 2. The second-order valence-electron chi connectivity index (χ2n) is 6.36. The molecule has 2 heterocycles. The summed E-state index contributed by atoms with van der Waals surface area (Å²) in [6.07, 6.45) is 5.53. The van der Waals surface area contributed by atoms with E-state index in [-0.39, 0.29) is 5.56 Å². The minimum atomic E-state index is -0.179. The molecule has 0 spiro atoms. The Morgan fingerprint density at radius 3 is 2.54 bits per heavy atom. The lowest BCUT2D eigenvalue weighted by molar-refractivity contribution is 0.678. The van der Waals surface area contributed by atoms with Gasteiger partial charge in [-0.15, -0.1) is 0 Å². The van der Waals surface area contributed by atoms with E-state index in [1.807, 2.05) is 53.1 Å². The van der Waals surface area contributed by atoms with Crippen molar-refractivity contribution in [2.45, 2.75) is 32.6 Å². The first-order valence-corrected chi connectivity index (χ1v) is 9.00. The number of benzene rings is 2. The van der Waals surface area contributed by atoms with Crippen LogP contribution in [0.15, 0.2) is 59.7 Å². The first kappa shape index (κ1) is 16.4. The van der Waals surface area contributed by atoms with Crippen molar-refractivity contribution >= 4 is 21.8 Å². The van der Waals surface area contributed by atoms with Gasteiger partial charge in [-0.25, -0.2) is 9.97 Å². The number of aryl methyl sites for hydroxylation is 1. The van der Waals surface area contributed by atoms with Gasteiger partial charge in [-0.1, -0.05) is 44.0 Å². The van der Waals surface area contributed by atoms with Gasteiger partial charge in [0.25, 0.3) is 5.56 Å². The maximum absolute atomic E-state index is 12.5. The molecule has 5 heteroatoms. The third-order valence-electron chi connectivity index (χ3n) is 4.60. The smallest absolute Gasteiger partial charge is 0.280 e. The molecule has 0 bridgehead atoms. The van der Waals surface area contributed by atoms with Crippen LogP contribution in [-0.4, -0.2) is 19.5 Å². The van der Waals surface area contributed by atoms with Crippen LogP contribution in [0.5, 0.6) is 0 Å². The van der Waals surface area contributed by atoms with Gasteiger partial charge in [-0.3, -0.25) is 9.36 Å². The maximum atomic E-state index is 12.5. The topological polar surface area (TPSA) is 60.7 Å². The van der Waals surface area contributed by atoms with Crippen LogP contribution < -0.4 is 5.56 Å². The van der Waals surface area contributed by atoms with Gasteiger partial charge >= 0.3 is 0 Å². The fourth-order valence-electron chi connectivity index (χ4n) is 3.32. The van der Waals surface area contributed by atoms with Crippen LogP contribution in [0.4, 0.5) is 0 Å². The zero-order valence-corrected chi connectivity index (χ0v) is 14.7. The summed E-state index contributed by atoms with van der Waals surface area (Å²) in [7, 11) is 0. The van der Waals surface area contributed by atoms with Crippen LogP contribution in [0, 0.1) is 0 Å². The van der Waals surface area contributed by atoms with E-state index < -0.39 is 0 Å². The minimum Gasteiger partial charge on any atom is -0.281 e. The Morgan fingerprint density at radius 2 is 1.69 bits per heavy atom. The van der Waals surface area contributed by atoms with E-state index in [9.17, 15) is 4.79 Å². The molecule has 4 rings (SSSR count). The van der Waals surface area contributed by atoms with Crippen LogP contribution in [-0.2, 0) is 6.42 Å². The normalized spacial score (nSPS) is 11.3. The molecule has 5 nitrogen and oxygen atoms in total. The lowest BCUT2D eigenvalue weighted by atomic mass is 10.1. The van der Waals surface area contributed by atoms with E-state index in [0.717, 1.165) is 53.7 Å². The van der Waals surface area contributed by atoms with Gasteiger partial charge in [0, 0.05) is 11.8 Å². The zero-order valence-electron chi connectivity index (χ0n) is 14.7. The van der Waals surface area contributed by atoms with Gasteiger partial charge in [0.05, 0.1) is 16.4 Å². The summed E-state index contributed by atoms with van der Waals surface area (Å²) >= 11 is 0. The molecule has 0 fully saturated rings. The summed E-state index contributed by atoms with van der Waals surface area (Å²) in [5.74, 6) is 1.52. The molecule has 0 saturated carbocycles. The van der Waals surface area contributed by atoms with E-state index in [2.05, 4.69) is 21.9 Å². The number of fused-ring (bicyclic) bond motifs is 2. The summed E-state index contributed by atoms with van der Waals surface area (Å²) in [6.45, 7) is 2.17. The predicted octanol–water partition coefficient (Wildman–Crippen LogP) is 4.06. The Hall–Kier alpha value is -3.08. The lowest BCUT2D eigenvalue weighted by Crippen LogP contribution is -2.19. The first-order chi connectivity index (χ1) is 12.8. The molecule has 26 heavy (non-hydrogen) atoms. The van der Waals surface area contributed by atoms with E-state index in [0.29, 0.717) is 5.39 Å². The molecular weight excluding hydrogens is 324 g/mol. The standard InChI is InChI=1S/C21H20N4O/c1-2-3-4-13-19-24-21(26)16-10-6-8-12-18(16)25(19)20-15-9-5-7-11-17(15)22-14-23-20/h5-12,14H,2-4,13H2,1H3. The van der Waals surface area contributed by atoms with E-state index in [4.69, 9.17) is 0 Å². The third kappa shape index (κ3) is 2.86. The molecule has 2 aromatic heterocycles. The van der Waals surface area contributed by atoms with Gasteiger partial charge in [0.1, 0.15) is 18.0 Å². The fraction of sp³-hybridized carbons (Fsp3) is 0.238. The quantitative estimate of drug-likeness (QED) is 0.512. The van der Waals surface area contributed by atoms with Crippen LogP contribution in [0.25, 0.3) is 27.6 Å². The lowest BCUT2D eigenvalue weighted by Gasteiger charge is -2.16. The highest BCUT2D eigenvalue weighted by Crippen LogP contribution is 2.23.